The minimum absolute atomic E-state index is 0.231. The summed E-state index contributed by atoms with van der Waals surface area (Å²) in [6.07, 6.45) is -1.36. The molecular weight excluding hydrogens is 282 g/mol. The maximum Gasteiger partial charge on any atom is 0.324 e. The topological polar surface area (TPSA) is 87.7 Å². The molecule has 1 aliphatic carbocycles. The number of hydrogen-bond acceptors (Lipinski definition) is 3. The van der Waals surface area contributed by atoms with Gasteiger partial charge in [0.25, 0.3) is 0 Å². The third-order valence-corrected chi connectivity index (χ3v) is 3.54. The van der Waals surface area contributed by atoms with E-state index >= 15 is 0 Å². The van der Waals surface area contributed by atoms with Crippen LogP contribution in [0.3, 0.4) is 0 Å². The molecule has 0 aliphatic heterocycles. The van der Waals surface area contributed by atoms with Gasteiger partial charge < -0.3 is 16.3 Å². The van der Waals surface area contributed by atoms with Crippen molar-refractivity contribution in [2.45, 2.75) is 44.5 Å². The Morgan fingerprint density at radius 1 is 1.35 bits per heavy atom. The standard InChI is InChI=1S/C11H17F4N3O2/c12-7(13)11(14,15)6-17-9(19)10(8(16)18-20)4-2-1-3-5-10/h7,20H,1-6H2,(H2,16,18)(H,17,19). The van der Waals surface area contributed by atoms with Gasteiger partial charge in [-0.25, -0.2) is 8.78 Å². The molecule has 0 aromatic carbocycles. The predicted octanol–water partition coefficient (Wildman–Crippen LogP) is 1.70. The van der Waals surface area contributed by atoms with Crippen molar-refractivity contribution in [3.8, 4) is 0 Å². The number of hydrogen-bond donors (Lipinski definition) is 3. The molecule has 1 amide bonds. The van der Waals surface area contributed by atoms with Crippen molar-refractivity contribution in [2.75, 3.05) is 6.54 Å². The fourth-order valence-corrected chi connectivity index (χ4v) is 2.30. The van der Waals surface area contributed by atoms with Gasteiger partial charge in [-0.15, -0.1) is 0 Å². The normalized spacial score (nSPS) is 19.9. The Kier molecular flexibility index (Phi) is 5.18. The first-order chi connectivity index (χ1) is 9.26. The highest BCUT2D eigenvalue weighted by atomic mass is 19.3. The molecule has 4 N–H and O–H groups in total. The monoisotopic (exact) mass is 299 g/mol. The van der Waals surface area contributed by atoms with Crippen molar-refractivity contribution in [1.82, 2.24) is 5.32 Å². The Balaban J connectivity index is 2.80. The summed E-state index contributed by atoms with van der Waals surface area (Å²) in [6.45, 7) is -1.48. The Bertz CT molecular complexity index is 382. The second kappa shape index (κ2) is 6.27. The van der Waals surface area contributed by atoms with E-state index in [1.807, 2.05) is 0 Å². The Labute approximate surface area is 113 Å². The van der Waals surface area contributed by atoms with E-state index in [9.17, 15) is 22.4 Å². The molecule has 9 heteroatoms. The number of amidine groups is 1. The number of carbonyl (C=O) groups excluding carboxylic acids is 1. The summed E-state index contributed by atoms with van der Waals surface area (Å²) in [5.41, 5.74) is 4.09. The van der Waals surface area contributed by atoms with E-state index in [1.165, 1.54) is 0 Å². The molecule has 1 rings (SSSR count). The highest BCUT2D eigenvalue weighted by Gasteiger charge is 2.46. The van der Waals surface area contributed by atoms with Crippen LogP contribution in [0.2, 0.25) is 0 Å². The lowest BCUT2D eigenvalue weighted by atomic mass is 9.72. The Hall–Kier alpha value is -1.54. The Morgan fingerprint density at radius 3 is 2.35 bits per heavy atom. The number of nitrogens with one attached hydrogen (secondary N) is 1. The average molecular weight is 299 g/mol. The number of amides is 1. The van der Waals surface area contributed by atoms with Crippen LogP contribution in [0.4, 0.5) is 17.6 Å². The zero-order valence-corrected chi connectivity index (χ0v) is 10.7. The number of alkyl halides is 4. The molecule has 0 spiro atoms. The van der Waals surface area contributed by atoms with Gasteiger partial charge in [-0.1, -0.05) is 24.4 Å². The zero-order chi connectivity index (χ0) is 15.4. The molecule has 5 nitrogen and oxygen atoms in total. The molecule has 0 atom stereocenters. The van der Waals surface area contributed by atoms with Crippen molar-refractivity contribution < 1.29 is 27.6 Å². The van der Waals surface area contributed by atoms with Crippen molar-refractivity contribution in [2.24, 2.45) is 16.3 Å². The molecule has 0 aromatic heterocycles. The van der Waals surface area contributed by atoms with Crippen molar-refractivity contribution >= 4 is 11.7 Å². The summed E-state index contributed by atoms with van der Waals surface area (Å²) in [6, 6.07) is 0. The maximum absolute atomic E-state index is 12.8. The van der Waals surface area contributed by atoms with Crippen LogP contribution in [0, 0.1) is 5.41 Å². The number of nitrogens with two attached hydrogens (primary N) is 1. The van der Waals surface area contributed by atoms with Gasteiger partial charge in [-0.2, -0.15) is 8.78 Å². The number of rotatable bonds is 5. The van der Waals surface area contributed by atoms with Gasteiger partial charge in [-0.05, 0) is 12.8 Å². The fraction of sp³-hybridized carbons (Fsp3) is 0.818. The van der Waals surface area contributed by atoms with Crippen LogP contribution in [0.25, 0.3) is 0 Å². The second-order valence-electron chi connectivity index (χ2n) is 4.87. The molecule has 0 bridgehead atoms. The maximum atomic E-state index is 12.8. The minimum atomic E-state index is -4.31. The number of oxime groups is 1. The third kappa shape index (κ3) is 3.31. The van der Waals surface area contributed by atoms with Gasteiger partial charge in [0.1, 0.15) is 5.41 Å². The van der Waals surface area contributed by atoms with Crippen LogP contribution in [0.15, 0.2) is 5.16 Å². The van der Waals surface area contributed by atoms with E-state index in [1.54, 1.807) is 5.32 Å². The quantitative estimate of drug-likeness (QED) is 0.237. The number of nitrogens with zero attached hydrogens (tertiary/aromatic N) is 1. The van der Waals surface area contributed by atoms with Crippen LogP contribution in [-0.4, -0.2) is 35.8 Å². The predicted molar refractivity (Wildman–Crippen MR) is 62.9 cm³/mol. The Morgan fingerprint density at radius 2 is 1.90 bits per heavy atom. The molecule has 20 heavy (non-hydrogen) atoms. The summed E-state index contributed by atoms with van der Waals surface area (Å²) in [5, 5.41) is 13.3. The molecule has 0 heterocycles. The van der Waals surface area contributed by atoms with Gasteiger partial charge in [-0.3, -0.25) is 4.79 Å². The average Bonchev–Trinajstić information content (AvgIpc) is 2.44. The molecule has 0 saturated heterocycles. The van der Waals surface area contributed by atoms with E-state index in [0.717, 1.165) is 6.42 Å². The highest BCUT2D eigenvalue weighted by Crippen LogP contribution is 2.37. The summed E-state index contributed by atoms with van der Waals surface area (Å²) >= 11 is 0. The zero-order valence-electron chi connectivity index (χ0n) is 10.7. The SMILES string of the molecule is NC(=NO)C1(C(=O)NCC(F)(F)C(F)F)CCCCC1. The highest BCUT2D eigenvalue weighted by molar-refractivity contribution is 6.06. The van der Waals surface area contributed by atoms with Crippen LogP contribution in [-0.2, 0) is 4.79 Å². The molecule has 116 valence electrons. The summed E-state index contributed by atoms with van der Waals surface area (Å²) in [7, 11) is 0. The van der Waals surface area contributed by atoms with Gasteiger partial charge >= 0.3 is 12.3 Å². The summed E-state index contributed by atoms with van der Waals surface area (Å²) < 4.78 is 49.7. The fourth-order valence-electron chi connectivity index (χ4n) is 2.30. The van der Waals surface area contributed by atoms with Gasteiger partial charge in [0.15, 0.2) is 5.84 Å². The first-order valence-corrected chi connectivity index (χ1v) is 6.18. The van der Waals surface area contributed by atoms with Gasteiger partial charge in [0, 0.05) is 0 Å². The van der Waals surface area contributed by atoms with E-state index in [-0.39, 0.29) is 18.7 Å². The molecule has 0 unspecified atom stereocenters. The number of halogens is 4. The van der Waals surface area contributed by atoms with Crippen LogP contribution in [0.1, 0.15) is 32.1 Å². The summed E-state index contributed by atoms with van der Waals surface area (Å²) in [4.78, 5) is 12.0. The minimum Gasteiger partial charge on any atom is -0.409 e. The van der Waals surface area contributed by atoms with Gasteiger partial charge in [0.2, 0.25) is 5.91 Å². The lowest BCUT2D eigenvalue weighted by molar-refractivity contribution is -0.141. The van der Waals surface area contributed by atoms with Crippen molar-refractivity contribution in [1.29, 1.82) is 0 Å². The van der Waals surface area contributed by atoms with Crippen LogP contribution < -0.4 is 11.1 Å². The van der Waals surface area contributed by atoms with Crippen LogP contribution in [0.5, 0.6) is 0 Å². The van der Waals surface area contributed by atoms with E-state index in [0.29, 0.717) is 12.8 Å². The summed E-state index contributed by atoms with van der Waals surface area (Å²) in [5.74, 6) is -5.60. The lowest BCUT2D eigenvalue weighted by Gasteiger charge is -2.34. The molecule has 0 aromatic rings. The van der Waals surface area contributed by atoms with E-state index < -0.39 is 30.2 Å². The third-order valence-electron chi connectivity index (χ3n) is 3.54. The molecule has 0 radical (unpaired) electrons. The molecule has 1 fully saturated rings. The van der Waals surface area contributed by atoms with Crippen LogP contribution >= 0.6 is 0 Å². The molecule has 1 aliphatic rings. The second-order valence-corrected chi connectivity index (χ2v) is 4.87. The first-order valence-electron chi connectivity index (χ1n) is 6.18. The largest absolute Gasteiger partial charge is 0.409 e. The van der Waals surface area contributed by atoms with E-state index in [2.05, 4.69) is 5.16 Å². The molecule has 1 saturated carbocycles. The van der Waals surface area contributed by atoms with Gasteiger partial charge in [0.05, 0.1) is 6.54 Å². The van der Waals surface area contributed by atoms with Crippen molar-refractivity contribution in [3.05, 3.63) is 0 Å². The first kappa shape index (κ1) is 16.5. The molecular formula is C11H17F4N3O2. The van der Waals surface area contributed by atoms with E-state index in [4.69, 9.17) is 10.9 Å². The lowest BCUT2D eigenvalue weighted by Crippen LogP contribution is -2.53. The number of carbonyl (C=O) groups is 1. The smallest absolute Gasteiger partial charge is 0.324 e. The van der Waals surface area contributed by atoms with Crippen molar-refractivity contribution in [3.63, 3.8) is 0 Å².